The van der Waals surface area contributed by atoms with Gasteiger partial charge in [-0.25, -0.2) is 9.38 Å². The number of amidine groups is 1. The molecular weight excluding hydrogens is 261 g/mol. The summed E-state index contributed by atoms with van der Waals surface area (Å²) in [5.74, 6) is -0.683. The van der Waals surface area contributed by atoms with E-state index >= 15 is 0 Å². The molecule has 2 atom stereocenters. The first kappa shape index (κ1) is 12.7. The Labute approximate surface area is 114 Å². The fraction of sp³-hybridized carbons (Fsp3) is 0.286. The minimum Gasteiger partial charge on any atom is -0.451 e. The molecule has 2 unspecified atom stereocenters. The molecule has 1 aliphatic heterocycles. The van der Waals surface area contributed by atoms with E-state index in [4.69, 9.17) is 4.74 Å². The monoisotopic (exact) mass is 275 g/mol. The third-order valence-corrected chi connectivity index (χ3v) is 3.55. The lowest BCUT2D eigenvalue weighted by atomic mass is 9.94. The number of benzene rings is 1. The van der Waals surface area contributed by atoms with Gasteiger partial charge in [0.05, 0.1) is 0 Å². The van der Waals surface area contributed by atoms with E-state index in [0.29, 0.717) is 5.52 Å². The lowest BCUT2D eigenvalue weighted by Gasteiger charge is -2.15. The standard InChI is InChI=1S/C14H14FN3O2/c1-7(12-13(19)18-14(16-2)20-12)10-6-17-11-5-8(15)3-4-9(10)11/h3-7,12,17H,1-2H3,(H,16,18,19). The second-order valence-electron chi connectivity index (χ2n) is 4.78. The number of H-pyrrole nitrogens is 1. The number of aromatic amines is 1. The Balaban J connectivity index is 1.97. The van der Waals surface area contributed by atoms with Crippen LogP contribution < -0.4 is 5.32 Å². The largest absolute Gasteiger partial charge is 0.451 e. The summed E-state index contributed by atoms with van der Waals surface area (Å²) in [6.45, 7) is 1.90. The molecule has 2 aromatic rings. The first-order valence-corrected chi connectivity index (χ1v) is 6.31. The number of hydrogen-bond acceptors (Lipinski definition) is 3. The van der Waals surface area contributed by atoms with Crippen LogP contribution in [0.4, 0.5) is 4.39 Å². The van der Waals surface area contributed by atoms with E-state index in [1.807, 2.05) is 6.92 Å². The molecule has 20 heavy (non-hydrogen) atoms. The van der Waals surface area contributed by atoms with Gasteiger partial charge in [-0.15, -0.1) is 0 Å². The molecule has 5 nitrogen and oxygen atoms in total. The first-order chi connectivity index (χ1) is 9.60. The number of hydrogen-bond donors (Lipinski definition) is 2. The first-order valence-electron chi connectivity index (χ1n) is 6.31. The van der Waals surface area contributed by atoms with Gasteiger partial charge in [0.25, 0.3) is 11.9 Å². The van der Waals surface area contributed by atoms with E-state index < -0.39 is 6.10 Å². The van der Waals surface area contributed by atoms with Crippen molar-refractivity contribution in [1.29, 1.82) is 0 Å². The fourth-order valence-corrected chi connectivity index (χ4v) is 2.48. The molecule has 0 bridgehead atoms. The number of ether oxygens (including phenoxy) is 1. The average molecular weight is 275 g/mol. The van der Waals surface area contributed by atoms with Crippen LogP contribution in [0.1, 0.15) is 18.4 Å². The van der Waals surface area contributed by atoms with E-state index in [2.05, 4.69) is 15.3 Å². The molecule has 1 amide bonds. The van der Waals surface area contributed by atoms with Crippen molar-refractivity contribution in [2.24, 2.45) is 4.99 Å². The number of nitrogens with zero attached hydrogens (tertiary/aromatic N) is 1. The number of carbonyl (C=O) groups excluding carboxylic acids is 1. The fourth-order valence-electron chi connectivity index (χ4n) is 2.48. The number of aromatic nitrogens is 1. The van der Waals surface area contributed by atoms with Crippen molar-refractivity contribution in [3.8, 4) is 0 Å². The molecule has 6 heteroatoms. The Hall–Kier alpha value is -2.37. The highest BCUT2D eigenvalue weighted by Crippen LogP contribution is 2.30. The molecule has 2 heterocycles. The van der Waals surface area contributed by atoms with Gasteiger partial charge in [-0.2, -0.15) is 0 Å². The highest BCUT2D eigenvalue weighted by molar-refractivity contribution is 6.02. The van der Waals surface area contributed by atoms with Gasteiger partial charge in [0.2, 0.25) is 0 Å². The minimum atomic E-state index is -0.627. The van der Waals surface area contributed by atoms with E-state index in [1.54, 1.807) is 19.3 Å². The predicted octanol–water partition coefficient (Wildman–Crippen LogP) is 1.91. The summed E-state index contributed by atoms with van der Waals surface area (Å²) in [6, 6.07) is 4.77. The van der Waals surface area contributed by atoms with Crippen molar-refractivity contribution in [2.75, 3.05) is 7.05 Å². The van der Waals surface area contributed by atoms with Gasteiger partial charge in [0.15, 0.2) is 6.10 Å². The number of fused-ring (bicyclic) bond motifs is 1. The molecule has 1 aliphatic rings. The van der Waals surface area contributed by atoms with Crippen LogP contribution in [0, 0.1) is 5.82 Å². The van der Waals surface area contributed by atoms with Crippen molar-refractivity contribution in [3.05, 3.63) is 35.8 Å². The molecule has 2 N–H and O–H groups in total. The van der Waals surface area contributed by atoms with E-state index in [1.165, 1.54) is 12.1 Å². The summed E-state index contributed by atoms with van der Waals surface area (Å²) >= 11 is 0. The number of carbonyl (C=O) groups is 1. The summed E-state index contributed by atoms with van der Waals surface area (Å²) < 4.78 is 18.7. The van der Waals surface area contributed by atoms with Crippen molar-refractivity contribution in [2.45, 2.75) is 18.9 Å². The van der Waals surface area contributed by atoms with Crippen LogP contribution in [0.5, 0.6) is 0 Å². The van der Waals surface area contributed by atoms with Crippen molar-refractivity contribution in [3.63, 3.8) is 0 Å². The quantitative estimate of drug-likeness (QED) is 0.879. The van der Waals surface area contributed by atoms with E-state index in [0.717, 1.165) is 10.9 Å². The molecule has 0 saturated carbocycles. The average Bonchev–Trinajstić information content (AvgIpc) is 3.01. The van der Waals surface area contributed by atoms with Gasteiger partial charge in [0.1, 0.15) is 5.82 Å². The van der Waals surface area contributed by atoms with Crippen LogP contribution in [0.3, 0.4) is 0 Å². The molecular formula is C14H14FN3O2. The number of nitrogens with one attached hydrogen (secondary N) is 2. The Morgan fingerprint density at radius 3 is 2.95 bits per heavy atom. The van der Waals surface area contributed by atoms with Crippen LogP contribution in [-0.4, -0.2) is 30.1 Å². The van der Waals surface area contributed by atoms with Crippen LogP contribution >= 0.6 is 0 Å². The molecule has 0 radical (unpaired) electrons. The Bertz CT molecular complexity index is 708. The summed E-state index contributed by atoms with van der Waals surface area (Å²) in [6.07, 6.45) is 1.16. The summed E-state index contributed by atoms with van der Waals surface area (Å²) in [7, 11) is 1.55. The predicted molar refractivity (Wildman–Crippen MR) is 73.0 cm³/mol. The Kier molecular flexibility index (Phi) is 2.93. The molecule has 3 rings (SSSR count). The molecule has 1 saturated heterocycles. The Morgan fingerprint density at radius 1 is 1.45 bits per heavy atom. The molecule has 0 aliphatic carbocycles. The second-order valence-corrected chi connectivity index (χ2v) is 4.78. The molecule has 1 aromatic carbocycles. The summed E-state index contributed by atoms with van der Waals surface area (Å²) in [5.41, 5.74) is 1.62. The smallest absolute Gasteiger partial charge is 0.292 e. The topological polar surface area (TPSA) is 66.5 Å². The zero-order valence-corrected chi connectivity index (χ0v) is 11.1. The SMILES string of the molecule is CN=C1NC(=O)C(C(C)c2c[nH]c3cc(F)ccc23)O1. The summed E-state index contributed by atoms with van der Waals surface area (Å²) in [4.78, 5) is 18.7. The minimum absolute atomic E-state index is 0.173. The zero-order valence-electron chi connectivity index (χ0n) is 11.1. The van der Waals surface area contributed by atoms with Crippen LogP contribution in [0.15, 0.2) is 29.4 Å². The Morgan fingerprint density at radius 2 is 2.25 bits per heavy atom. The third-order valence-electron chi connectivity index (χ3n) is 3.55. The zero-order chi connectivity index (χ0) is 14.3. The maximum absolute atomic E-state index is 13.2. The van der Waals surface area contributed by atoms with Crippen LogP contribution in [0.25, 0.3) is 10.9 Å². The number of rotatable bonds is 2. The highest BCUT2D eigenvalue weighted by atomic mass is 19.1. The van der Waals surface area contributed by atoms with Crippen molar-refractivity contribution in [1.82, 2.24) is 10.3 Å². The number of halogens is 1. The van der Waals surface area contributed by atoms with Gasteiger partial charge in [0, 0.05) is 30.1 Å². The highest BCUT2D eigenvalue weighted by Gasteiger charge is 2.36. The molecule has 0 spiro atoms. The number of aliphatic imine (C=N–C) groups is 1. The molecule has 1 fully saturated rings. The summed E-state index contributed by atoms with van der Waals surface area (Å²) in [5, 5.41) is 3.46. The van der Waals surface area contributed by atoms with Crippen LogP contribution in [-0.2, 0) is 9.53 Å². The van der Waals surface area contributed by atoms with Gasteiger partial charge in [-0.1, -0.05) is 6.92 Å². The third kappa shape index (κ3) is 1.93. The lowest BCUT2D eigenvalue weighted by Crippen LogP contribution is -2.28. The molecule has 1 aromatic heterocycles. The van der Waals surface area contributed by atoms with Crippen molar-refractivity contribution < 1.29 is 13.9 Å². The normalized spacial score (nSPS) is 22.1. The van der Waals surface area contributed by atoms with Crippen LogP contribution in [0.2, 0.25) is 0 Å². The lowest BCUT2D eigenvalue weighted by molar-refractivity contribution is -0.124. The maximum atomic E-state index is 13.2. The van der Waals surface area contributed by atoms with Gasteiger partial charge in [-0.05, 0) is 23.8 Å². The van der Waals surface area contributed by atoms with Crippen molar-refractivity contribution >= 4 is 22.8 Å². The van der Waals surface area contributed by atoms with E-state index in [-0.39, 0.29) is 23.7 Å². The van der Waals surface area contributed by atoms with E-state index in [9.17, 15) is 9.18 Å². The molecule has 104 valence electrons. The van der Waals surface area contributed by atoms with Gasteiger partial charge in [-0.3, -0.25) is 10.1 Å². The van der Waals surface area contributed by atoms with Gasteiger partial charge >= 0.3 is 0 Å². The second kappa shape index (κ2) is 4.63. The van der Waals surface area contributed by atoms with Gasteiger partial charge < -0.3 is 9.72 Å². The number of amides is 1. The maximum Gasteiger partial charge on any atom is 0.292 e.